The summed E-state index contributed by atoms with van der Waals surface area (Å²) >= 11 is 5.80. The summed E-state index contributed by atoms with van der Waals surface area (Å²) in [6.45, 7) is 4.14. The summed E-state index contributed by atoms with van der Waals surface area (Å²) in [4.78, 5) is 23.2. The first-order chi connectivity index (χ1) is 9.52. The molecule has 1 aromatic rings. The molecular weight excluding hydrogens is 280 g/mol. The Hall–Kier alpha value is -1.75. The van der Waals surface area contributed by atoms with Gasteiger partial charge in [-0.25, -0.2) is 4.79 Å². The molecule has 1 atom stereocenters. The van der Waals surface area contributed by atoms with Crippen LogP contribution >= 0.6 is 11.6 Å². The van der Waals surface area contributed by atoms with Crippen molar-refractivity contribution in [3.63, 3.8) is 0 Å². The molecule has 0 heterocycles. The van der Waals surface area contributed by atoms with Gasteiger partial charge in [-0.3, -0.25) is 10.1 Å². The summed E-state index contributed by atoms with van der Waals surface area (Å²) in [5, 5.41) is 5.71. The van der Waals surface area contributed by atoms with E-state index in [0.717, 1.165) is 12.8 Å². The number of amides is 2. The van der Waals surface area contributed by atoms with Gasteiger partial charge < -0.3 is 10.1 Å². The van der Waals surface area contributed by atoms with Crippen molar-refractivity contribution in [1.29, 1.82) is 0 Å². The van der Waals surface area contributed by atoms with Gasteiger partial charge in [0, 0.05) is 17.3 Å². The van der Waals surface area contributed by atoms with Crippen LogP contribution in [-0.2, 0) is 9.53 Å². The average Bonchev–Trinajstić information content (AvgIpc) is 2.38. The molecule has 110 valence electrons. The molecule has 0 saturated carbocycles. The third kappa shape index (κ3) is 5.93. The molecule has 0 aliphatic carbocycles. The molecule has 0 aromatic heterocycles. The number of ether oxygens (including phenoxy) is 1. The van der Waals surface area contributed by atoms with E-state index in [1.807, 2.05) is 6.92 Å². The fourth-order valence-corrected chi connectivity index (χ4v) is 1.65. The van der Waals surface area contributed by atoms with Crippen molar-refractivity contribution in [3.05, 3.63) is 29.3 Å². The zero-order valence-corrected chi connectivity index (χ0v) is 12.4. The van der Waals surface area contributed by atoms with Crippen LogP contribution < -0.4 is 10.6 Å². The minimum Gasteiger partial charge on any atom is -0.436 e. The number of carbonyl (C=O) groups excluding carboxylic acids is 2. The van der Waals surface area contributed by atoms with E-state index in [2.05, 4.69) is 10.6 Å². The lowest BCUT2D eigenvalue weighted by Crippen LogP contribution is -2.37. The molecule has 2 amide bonds. The quantitative estimate of drug-likeness (QED) is 0.793. The van der Waals surface area contributed by atoms with Gasteiger partial charge in [0.2, 0.25) is 0 Å². The van der Waals surface area contributed by atoms with E-state index in [0.29, 0.717) is 17.3 Å². The molecule has 2 N–H and O–H groups in total. The molecule has 0 bridgehead atoms. The predicted octanol–water partition coefficient (Wildman–Crippen LogP) is 3.19. The molecule has 5 nitrogen and oxygen atoms in total. The van der Waals surface area contributed by atoms with E-state index in [9.17, 15) is 9.59 Å². The van der Waals surface area contributed by atoms with Crippen LogP contribution in [0.1, 0.15) is 26.7 Å². The van der Waals surface area contributed by atoms with Crippen LogP contribution in [0.15, 0.2) is 24.3 Å². The summed E-state index contributed by atoms with van der Waals surface area (Å²) in [6.07, 6.45) is 0.356. The molecule has 1 rings (SSSR count). The number of rotatable bonds is 6. The van der Waals surface area contributed by atoms with E-state index < -0.39 is 12.2 Å². The monoisotopic (exact) mass is 298 g/mol. The first-order valence-electron chi connectivity index (χ1n) is 6.54. The topological polar surface area (TPSA) is 67.4 Å². The number of carbonyl (C=O) groups is 2. The van der Waals surface area contributed by atoms with Gasteiger partial charge in [-0.15, -0.1) is 0 Å². The van der Waals surface area contributed by atoms with E-state index in [-0.39, 0.29) is 5.91 Å². The van der Waals surface area contributed by atoms with E-state index in [1.165, 1.54) is 6.92 Å². The van der Waals surface area contributed by atoms with Crippen molar-refractivity contribution in [2.45, 2.75) is 32.8 Å². The Morgan fingerprint density at radius 3 is 2.80 bits per heavy atom. The standard InChI is InChI=1S/C14H19ClN2O3/c1-3-4-8-16-13(18)10(2)20-14(19)17-12-7-5-6-11(15)9-12/h5-7,9-10H,3-4,8H2,1-2H3,(H,16,18)(H,17,19). The maximum Gasteiger partial charge on any atom is 0.412 e. The van der Waals surface area contributed by atoms with Crippen molar-refractivity contribution in [2.24, 2.45) is 0 Å². The minimum absolute atomic E-state index is 0.306. The summed E-state index contributed by atoms with van der Waals surface area (Å²) in [5.41, 5.74) is 0.515. The largest absolute Gasteiger partial charge is 0.436 e. The van der Waals surface area contributed by atoms with E-state index in [1.54, 1.807) is 24.3 Å². The van der Waals surface area contributed by atoms with Gasteiger partial charge >= 0.3 is 6.09 Å². The second-order valence-electron chi connectivity index (χ2n) is 4.33. The number of nitrogens with one attached hydrogen (secondary N) is 2. The summed E-state index contributed by atoms with van der Waals surface area (Å²) < 4.78 is 4.98. The van der Waals surface area contributed by atoms with Crippen molar-refractivity contribution in [1.82, 2.24) is 5.32 Å². The number of anilines is 1. The van der Waals surface area contributed by atoms with Gasteiger partial charge in [-0.05, 0) is 31.5 Å². The van der Waals surface area contributed by atoms with E-state index >= 15 is 0 Å². The van der Waals surface area contributed by atoms with Crippen molar-refractivity contribution >= 4 is 29.3 Å². The summed E-state index contributed by atoms with van der Waals surface area (Å²) in [5.74, 6) is -0.306. The Balaban J connectivity index is 2.39. The van der Waals surface area contributed by atoms with Gasteiger partial charge in [0.25, 0.3) is 5.91 Å². The highest BCUT2D eigenvalue weighted by Crippen LogP contribution is 2.15. The van der Waals surface area contributed by atoms with Crippen LogP contribution in [0.25, 0.3) is 0 Å². The molecule has 0 radical (unpaired) electrons. The van der Waals surface area contributed by atoms with Gasteiger partial charge in [0.1, 0.15) is 0 Å². The zero-order valence-electron chi connectivity index (χ0n) is 11.6. The fourth-order valence-electron chi connectivity index (χ4n) is 1.46. The Morgan fingerprint density at radius 2 is 2.15 bits per heavy atom. The lowest BCUT2D eigenvalue weighted by Gasteiger charge is -2.14. The molecule has 1 aromatic carbocycles. The lowest BCUT2D eigenvalue weighted by atomic mass is 10.3. The highest BCUT2D eigenvalue weighted by atomic mass is 35.5. The number of benzene rings is 1. The number of hydrogen-bond acceptors (Lipinski definition) is 3. The maximum absolute atomic E-state index is 11.6. The first kappa shape index (κ1) is 16.3. The maximum atomic E-state index is 11.6. The van der Waals surface area contributed by atoms with Gasteiger partial charge in [0.15, 0.2) is 6.10 Å². The summed E-state index contributed by atoms with van der Waals surface area (Å²) in [7, 11) is 0. The van der Waals surface area contributed by atoms with Crippen LogP contribution in [0.4, 0.5) is 10.5 Å². The van der Waals surface area contributed by atoms with Crippen molar-refractivity contribution < 1.29 is 14.3 Å². The SMILES string of the molecule is CCCCNC(=O)C(C)OC(=O)Nc1cccc(Cl)c1. The minimum atomic E-state index is -0.842. The second kappa shape index (κ2) is 8.43. The third-order valence-corrected chi connectivity index (χ3v) is 2.79. The smallest absolute Gasteiger partial charge is 0.412 e. The first-order valence-corrected chi connectivity index (χ1v) is 6.91. The van der Waals surface area contributed by atoms with Crippen molar-refractivity contribution in [2.75, 3.05) is 11.9 Å². The Bertz CT molecular complexity index is 465. The van der Waals surface area contributed by atoms with Gasteiger partial charge in [-0.2, -0.15) is 0 Å². The average molecular weight is 299 g/mol. The number of halogens is 1. The molecular formula is C14H19ClN2O3. The molecule has 0 fully saturated rings. The highest BCUT2D eigenvalue weighted by Gasteiger charge is 2.17. The van der Waals surface area contributed by atoms with Crippen molar-refractivity contribution in [3.8, 4) is 0 Å². The number of unbranched alkanes of at least 4 members (excludes halogenated alkanes) is 1. The highest BCUT2D eigenvalue weighted by molar-refractivity contribution is 6.30. The van der Waals surface area contributed by atoms with Gasteiger partial charge in [-0.1, -0.05) is 31.0 Å². The molecule has 0 spiro atoms. The van der Waals surface area contributed by atoms with Crippen LogP contribution in [-0.4, -0.2) is 24.6 Å². The predicted molar refractivity (Wildman–Crippen MR) is 78.9 cm³/mol. The molecule has 1 unspecified atom stereocenters. The molecule has 0 aliphatic rings. The van der Waals surface area contributed by atoms with E-state index in [4.69, 9.17) is 16.3 Å². The van der Waals surface area contributed by atoms with Crippen LogP contribution in [0.3, 0.4) is 0 Å². The van der Waals surface area contributed by atoms with Gasteiger partial charge in [0.05, 0.1) is 0 Å². The second-order valence-corrected chi connectivity index (χ2v) is 4.76. The van der Waals surface area contributed by atoms with Crippen LogP contribution in [0, 0.1) is 0 Å². The normalized spacial score (nSPS) is 11.6. The number of hydrogen-bond donors (Lipinski definition) is 2. The molecule has 20 heavy (non-hydrogen) atoms. The van der Waals surface area contributed by atoms with Crippen LogP contribution in [0.5, 0.6) is 0 Å². The Labute approximate surface area is 123 Å². The Kier molecular flexibility index (Phi) is 6.87. The third-order valence-electron chi connectivity index (χ3n) is 2.55. The summed E-state index contributed by atoms with van der Waals surface area (Å²) in [6, 6.07) is 6.68. The molecule has 6 heteroatoms. The molecule has 0 aliphatic heterocycles. The zero-order chi connectivity index (χ0) is 15.0. The molecule has 0 saturated heterocycles. The fraction of sp³-hybridized carbons (Fsp3) is 0.429. The Morgan fingerprint density at radius 1 is 1.40 bits per heavy atom. The lowest BCUT2D eigenvalue weighted by molar-refractivity contribution is -0.128. The van der Waals surface area contributed by atoms with Crippen LogP contribution in [0.2, 0.25) is 5.02 Å².